The van der Waals surface area contributed by atoms with E-state index < -0.39 is 10.0 Å². The van der Waals surface area contributed by atoms with Crippen molar-refractivity contribution in [2.75, 3.05) is 6.54 Å². The number of nitrogens with two attached hydrogens (primary N) is 1. The number of aryl methyl sites for hydroxylation is 2. The van der Waals surface area contributed by atoms with Crippen molar-refractivity contribution in [3.05, 3.63) is 59.4 Å². The highest BCUT2D eigenvalue weighted by atomic mass is 32.2. The van der Waals surface area contributed by atoms with Crippen molar-refractivity contribution in [1.29, 1.82) is 0 Å². The first-order chi connectivity index (χ1) is 10.4. The molecule has 0 aliphatic carbocycles. The fourth-order valence-corrected chi connectivity index (χ4v) is 2.60. The maximum absolute atomic E-state index is 11.2. The topological polar surface area (TPSA) is 85.1 Å². The fraction of sp³-hybridized carbons (Fsp3) is 0.312. The first kappa shape index (κ1) is 16.6. The van der Waals surface area contributed by atoms with Crippen LogP contribution < -0.4 is 10.5 Å². The van der Waals surface area contributed by atoms with Gasteiger partial charge in [-0.1, -0.05) is 18.2 Å². The summed E-state index contributed by atoms with van der Waals surface area (Å²) >= 11 is 0. The number of aromatic nitrogens is 1. The molecular weight excluding hydrogens is 298 g/mol. The van der Waals surface area contributed by atoms with Crippen molar-refractivity contribution in [2.24, 2.45) is 5.14 Å². The van der Waals surface area contributed by atoms with Crippen molar-refractivity contribution in [3.63, 3.8) is 0 Å². The van der Waals surface area contributed by atoms with Gasteiger partial charge in [0.25, 0.3) is 0 Å². The molecule has 2 aromatic rings. The minimum Gasteiger partial charge on any atom is -0.311 e. The van der Waals surface area contributed by atoms with Crippen molar-refractivity contribution >= 4 is 10.0 Å². The Bertz CT molecular complexity index is 695. The van der Waals surface area contributed by atoms with Gasteiger partial charge in [0.05, 0.1) is 10.6 Å². The first-order valence-corrected chi connectivity index (χ1v) is 8.74. The van der Waals surface area contributed by atoms with E-state index in [0.717, 1.165) is 42.8 Å². The van der Waals surface area contributed by atoms with Gasteiger partial charge >= 0.3 is 0 Å². The molecule has 6 heteroatoms. The highest BCUT2D eigenvalue weighted by molar-refractivity contribution is 7.89. The average molecular weight is 319 g/mol. The van der Waals surface area contributed by atoms with Gasteiger partial charge in [0.2, 0.25) is 10.0 Å². The van der Waals surface area contributed by atoms with Crippen LogP contribution in [0.1, 0.15) is 23.2 Å². The Balaban J connectivity index is 1.71. The lowest BCUT2D eigenvalue weighted by Gasteiger charge is -2.06. The van der Waals surface area contributed by atoms with Gasteiger partial charge in [-0.25, -0.2) is 13.6 Å². The molecular formula is C16H21N3O2S. The van der Waals surface area contributed by atoms with Gasteiger partial charge in [-0.2, -0.15) is 0 Å². The Morgan fingerprint density at radius 3 is 2.45 bits per heavy atom. The lowest BCUT2D eigenvalue weighted by atomic mass is 10.1. The van der Waals surface area contributed by atoms with Gasteiger partial charge in [-0.3, -0.25) is 4.98 Å². The zero-order chi connectivity index (χ0) is 16.0. The Morgan fingerprint density at radius 2 is 1.86 bits per heavy atom. The molecule has 1 aromatic carbocycles. The normalized spacial score (nSPS) is 11.5. The molecule has 0 fully saturated rings. The Labute approximate surface area is 131 Å². The molecule has 0 radical (unpaired) electrons. The summed E-state index contributed by atoms with van der Waals surface area (Å²) in [7, 11) is -3.60. The second-order valence-corrected chi connectivity index (χ2v) is 6.86. The zero-order valence-corrected chi connectivity index (χ0v) is 13.4. The molecule has 1 heterocycles. The molecule has 0 aliphatic rings. The van der Waals surface area contributed by atoms with Crippen molar-refractivity contribution in [2.45, 2.75) is 31.2 Å². The summed E-state index contributed by atoms with van der Waals surface area (Å²) in [6, 6.07) is 10.8. The molecule has 0 spiro atoms. The molecule has 1 aromatic heterocycles. The number of pyridine rings is 1. The van der Waals surface area contributed by atoms with Gasteiger partial charge in [-0.15, -0.1) is 0 Å². The number of benzene rings is 1. The van der Waals surface area contributed by atoms with E-state index in [1.54, 1.807) is 24.3 Å². The summed E-state index contributed by atoms with van der Waals surface area (Å²) < 4.78 is 22.3. The quantitative estimate of drug-likeness (QED) is 0.762. The van der Waals surface area contributed by atoms with Crippen LogP contribution in [0.2, 0.25) is 0 Å². The number of nitrogens with zero attached hydrogens (tertiary/aromatic N) is 1. The third-order valence-corrected chi connectivity index (χ3v) is 4.28. The lowest BCUT2D eigenvalue weighted by molar-refractivity contribution is 0.597. The third-order valence-electron chi connectivity index (χ3n) is 3.35. The van der Waals surface area contributed by atoms with E-state index in [-0.39, 0.29) is 4.90 Å². The van der Waals surface area contributed by atoms with Crippen LogP contribution in [0.15, 0.2) is 47.5 Å². The van der Waals surface area contributed by atoms with Gasteiger partial charge in [-0.05, 0) is 55.6 Å². The van der Waals surface area contributed by atoms with E-state index in [1.165, 1.54) is 0 Å². The molecule has 5 nitrogen and oxygen atoms in total. The van der Waals surface area contributed by atoms with Gasteiger partial charge < -0.3 is 5.32 Å². The molecule has 0 atom stereocenters. The number of primary sulfonamides is 1. The Morgan fingerprint density at radius 1 is 1.14 bits per heavy atom. The second-order valence-electron chi connectivity index (χ2n) is 5.30. The summed E-state index contributed by atoms with van der Waals surface area (Å²) in [4.78, 5) is 4.49. The van der Waals surface area contributed by atoms with E-state index in [4.69, 9.17) is 5.14 Å². The molecule has 0 saturated heterocycles. The summed E-state index contributed by atoms with van der Waals surface area (Å²) in [5.74, 6) is 0. The molecule has 3 N–H and O–H groups in total. The third kappa shape index (κ3) is 5.22. The van der Waals surface area contributed by atoms with E-state index in [0.29, 0.717) is 0 Å². The molecule has 0 aliphatic heterocycles. The van der Waals surface area contributed by atoms with Gasteiger partial charge in [0.1, 0.15) is 0 Å². The SMILES string of the molecule is Cc1ccc(CNCCCc2ccc(S(N)(=O)=O)cc2)nc1. The Hall–Kier alpha value is -1.76. The smallest absolute Gasteiger partial charge is 0.238 e. The van der Waals surface area contributed by atoms with Crippen LogP contribution in [-0.2, 0) is 23.0 Å². The number of nitrogens with one attached hydrogen (secondary N) is 1. The molecule has 2 rings (SSSR count). The first-order valence-electron chi connectivity index (χ1n) is 7.19. The molecule has 0 unspecified atom stereocenters. The summed E-state index contributed by atoms with van der Waals surface area (Å²) in [6.07, 6.45) is 3.73. The zero-order valence-electron chi connectivity index (χ0n) is 12.6. The van der Waals surface area contributed by atoms with Crippen molar-refractivity contribution < 1.29 is 8.42 Å². The van der Waals surface area contributed by atoms with Crippen LogP contribution in [0.3, 0.4) is 0 Å². The van der Waals surface area contributed by atoms with E-state index in [2.05, 4.69) is 16.4 Å². The maximum Gasteiger partial charge on any atom is 0.238 e. The number of rotatable bonds is 7. The highest BCUT2D eigenvalue weighted by Gasteiger charge is 2.06. The number of sulfonamides is 1. The summed E-state index contributed by atoms with van der Waals surface area (Å²) in [5.41, 5.74) is 3.29. The van der Waals surface area contributed by atoms with E-state index in [1.807, 2.05) is 19.2 Å². The fourth-order valence-electron chi connectivity index (χ4n) is 2.08. The summed E-state index contributed by atoms with van der Waals surface area (Å²) in [6.45, 7) is 3.66. The van der Waals surface area contributed by atoms with E-state index in [9.17, 15) is 8.42 Å². The minimum atomic E-state index is -3.60. The van der Waals surface area contributed by atoms with Crippen LogP contribution >= 0.6 is 0 Å². The van der Waals surface area contributed by atoms with Crippen LogP contribution in [0.25, 0.3) is 0 Å². The number of hydrogen-bond acceptors (Lipinski definition) is 4. The molecule has 0 bridgehead atoms. The van der Waals surface area contributed by atoms with Gasteiger partial charge in [0.15, 0.2) is 0 Å². The predicted octanol–water partition coefficient (Wildman–Crippen LogP) is 1.76. The lowest BCUT2D eigenvalue weighted by Crippen LogP contribution is -2.16. The second kappa shape index (κ2) is 7.49. The molecule has 22 heavy (non-hydrogen) atoms. The van der Waals surface area contributed by atoms with Crippen LogP contribution in [0.5, 0.6) is 0 Å². The molecule has 0 amide bonds. The monoisotopic (exact) mass is 319 g/mol. The predicted molar refractivity (Wildman–Crippen MR) is 86.8 cm³/mol. The standard InChI is InChI=1S/C16H21N3O2S/c1-13-4-7-15(19-11-13)12-18-10-2-3-14-5-8-16(9-6-14)22(17,20)21/h4-9,11,18H,2-3,10,12H2,1H3,(H2,17,20,21). The molecule has 118 valence electrons. The van der Waals surface area contributed by atoms with Crippen LogP contribution in [-0.4, -0.2) is 19.9 Å². The highest BCUT2D eigenvalue weighted by Crippen LogP contribution is 2.10. The van der Waals surface area contributed by atoms with E-state index >= 15 is 0 Å². The van der Waals surface area contributed by atoms with Crippen LogP contribution in [0, 0.1) is 6.92 Å². The van der Waals surface area contributed by atoms with Crippen molar-refractivity contribution in [3.8, 4) is 0 Å². The largest absolute Gasteiger partial charge is 0.311 e. The maximum atomic E-state index is 11.2. The van der Waals surface area contributed by atoms with Gasteiger partial charge in [0, 0.05) is 12.7 Å². The molecule has 0 saturated carbocycles. The Kier molecular flexibility index (Phi) is 5.65. The van der Waals surface area contributed by atoms with Crippen LogP contribution in [0.4, 0.5) is 0 Å². The van der Waals surface area contributed by atoms with Crippen molar-refractivity contribution in [1.82, 2.24) is 10.3 Å². The average Bonchev–Trinajstić information content (AvgIpc) is 2.48. The summed E-state index contributed by atoms with van der Waals surface area (Å²) in [5, 5.41) is 8.42. The minimum absolute atomic E-state index is 0.153. The number of hydrogen-bond donors (Lipinski definition) is 2.